The number of alkyl halides is 2. The van der Waals surface area contributed by atoms with E-state index in [4.69, 9.17) is 9.84 Å². The molecule has 0 aliphatic heterocycles. The third-order valence-electron chi connectivity index (χ3n) is 7.63. The molecule has 0 amide bonds. The highest BCUT2D eigenvalue weighted by Gasteiger charge is 2.27. The average molecular weight is 565 g/mol. The number of aliphatic hydroxyl groups excluding tert-OH is 1. The molecule has 4 rings (SSSR count). The molecule has 8 heteroatoms. The third kappa shape index (κ3) is 6.49. The Kier molecular flexibility index (Phi) is 9.24. The van der Waals surface area contributed by atoms with Gasteiger partial charge in [0.05, 0.1) is 17.5 Å². The van der Waals surface area contributed by atoms with Gasteiger partial charge in [0.25, 0.3) is 6.43 Å². The monoisotopic (exact) mass is 564 g/mol. The number of carboxylic acid groups (broad SMARTS) is 1. The lowest BCUT2D eigenvalue weighted by atomic mass is 9.84. The molecule has 0 aliphatic carbocycles. The van der Waals surface area contributed by atoms with Gasteiger partial charge in [-0.3, -0.25) is 9.78 Å². The van der Waals surface area contributed by atoms with Crippen molar-refractivity contribution in [3.63, 3.8) is 0 Å². The standard InChI is InChI=1S/C33H38F2N2O4/c1-6-37-28-11-10-22(23-14-21(9-12-29(39)40)15-24(16-23)32(34)35)17-26(28)27(18-33(3,4)19-38)31(37)25-8-7-13-36-30(25)20(2)41-5/h7-8,10-11,13-17,20,32,38H,6,9,12,18-19H2,1-5H3,(H,39,40)/t20-/m0/s1. The van der Waals surface area contributed by atoms with Crippen LogP contribution in [0.2, 0.25) is 0 Å². The summed E-state index contributed by atoms with van der Waals surface area (Å²) in [6, 6.07) is 14.6. The molecule has 2 heterocycles. The summed E-state index contributed by atoms with van der Waals surface area (Å²) in [6.45, 7) is 8.73. The Morgan fingerprint density at radius 2 is 1.88 bits per heavy atom. The molecule has 0 saturated heterocycles. The van der Waals surface area contributed by atoms with E-state index < -0.39 is 17.8 Å². The molecule has 2 aromatic heterocycles. The number of nitrogens with zero attached hydrogens (tertiary/aromatic N) is 2. The van der Waals surface area contributed by atoms with E-state index in [0.717, 1.165) is 39.0 Å². The second-order valence-electron chi connectivity index (χ2n) is 11.3. The molecule has 218 valence electrons. The molecule has 6 nitrogen and oxygen atoms in total. The molecule has 0 bridgehead atoms. The minimum absolute atomic E-state index is 0.0112. The van der Waals surface area contributed by atoms with Crippen LogP contribution < -0.4 is 0 Å². The van der Waals surface area contributed by atoms with E-state index in [2.05, 4.69) is 16.5 Å². The van der Waals surface area contributed by atoms with Crippen LogP contribution in [0.3, 0.4) is 0 Å². The number of carbonyl (C=O) groups is 1. The number of pyridine rings is 1. The van der Waals surface area contributed by atoms with E-state index >= 15 is 0 Å². The predicted molar refractivity (Wildman–Crippen MR) is 157 cm³/mol. The lowest BCUT2D eigenvalue weighted by Gasteiger charge is -2.23. The number of aromatic nitrogens is 2. The maximum Gasteiger partial charge on any atom is 0.303 e. The van der Waals surface area contributed by atoms with Crippen molar-refractivity contribution in [2.45, 2.75) is 66.0 Å². The van der Waals surface area contributed by atoms with Gasteiger partial charge in [0.15, 0.2) is 0 Å². The SMILES string of the molecule is CCn1c(-c2cccnc2[C@H](C)OC)c(CC(C)(C)CO)c2cc(-c3cc(CCC(=O)O)cc(C(F)F)c3)ccc21. The zero-order valence-corrected chi connectivity index (χ0v) is 24.2. The molecule has 41 heavy (non-hydrogen) atoms. The summed E-state index contributed by atoms with van der Waals surface area (Å²) < 4.78 is 35.6. The number of benzene rings is 2. The van der Waals surface area contributed by atoms with Gasteiger partial charge in [0.1, 0.15) is 0 Å². The van der Waals surface area contributed by atoms with Crippen LogP contribution in [-0.4, -0.2) is 39.5 Å². The summed E-state index contributed by atoms with van der Waals surface area (Å²) in [7, 11) is 1.65. The van der Waals surface area contributed by atoms with E-state index in [1.54, 1.807) is 19.4 Å². The molecule has 0 aliphatic rings. The van der Waals surface area contributed by atoms with Crippen LogP contribution >= 0.6 is 0 Å². The first kappa shape index (κ1) is 30.3. The summed E-state index contributed by atoms with van der Waals surface area (Å²) in [5.41, 5.74) is 6.15. The molecule has 2 N–H and O–H groups in total. The van der Waals surface area contributed by atoms with Gasteiger partial charge in [-0.25, -0.2) is 8.78 Å². The Balaban J connectivity index is 2.00. The first-order valence-electron chi connectivity index (χ1n) is 13.9. The lowest BCUT2D eigenvalue weighted by Crippen LogP contribution is -2.20. The summed E-state index contributed by atoms with van der Waals surface area (Å²) in [4.78, 5) is 15.8. The Morgan fingerprint density at radius 3 is 2.51 bits per heavy atom. The minimum atomic E-state index is -2.68. The average Bonchev–Trinajstić information content (AvgIpc) is 3.26. The molecule has 1 atom stereocenters. The lowest BCUT2D eigenvalue weighted by molar-refractivity contribution is -0.136. The fourth-order valence-corrected chi connectivity index (χ4v) is 5.41. The van der Waals surface area contributed by atoms with E-state index in [1.165, 1.54) is 12.1 Å². The quantitative estimate of drug-likeness (QED) is 0.185. The maximum atomic E-state index is 13.8. The Labute approximate surface area is 239 Å². The normalized spacial score (nSPS) is 12.8. The molecule has 0 spiro atoms. The highest BCUT2D eigenvalue weighted by atomic mass is 19.3. The van der Waals surface area contributed by atoms with Crippen LogP contribution in [0, 0.1) is 5.41 Å². The zero-order valence-electron chi connectivity index (χ0n) is 24.2. The summed E-state index contributed by atoms with van der Waals surface area (Å²) in [6.07, 6.45) is -0.573. The number of aliphatic hydroxyl groups is 1. The number of hydrogen-bond acceptors (Lipinski definition) is 4. The fraction of sp³-hybridized carbons (Fsp3) is 0.394. The molecule has 2 aromatic carbocycles. The van der Waals surface area contributed by atoms with Crippen LogP contribution in [0.4, 0.5) is 8.78 Å². The highest BCUT2D eigenvalue weighted by molar-refractivity contribution is 5.95. The van der Waals surface area contributed by atoms with Crippen LogP contribution in [0.1, 0.15) is 69.0 Å². The van der Waals surface area contributed by atoms with Crippen molar-refractivity contribution >= 4 is 16.9 Å². The van der Waals surface area contributed by atoms with Gasteiger partial charge in [0.2, 0.25) is 0 Å². The number of halogens is 2. The van der Waals surface area contributed by atoms with Crippen molar-refractivity contribution in [3.8, 4) is 22.4 Å². The molecule has 0 saturated carbocycles. The molecule has 0 fully saturated rings. The van der Waals surface area contributed by atoms with Crippen LogP contribution in [0.15, 0.2) is 54.7 Å². The van der Waals surface area contributed by atoms with Crippen LogP contribution in [0.5, 0.6) is 0 Å². The number of hydrogen-bond donors (Lipinski definition) is 2. The van der Waals surface area contributed by atoms with Gasteiger partial charge >= 0.3 is 5.97 Å². The molecular weight excluding hydrogens is 526 g/mol. The van der Waals surface area contributed by atoms with Crippen LogP contribution in [0.25, 0.3) is 33.3 Å². The molecule has 0 unspecified atom stereocenters. The van der Waals surface area contributed by atoms with Gasteiger partial charge in [-0.1, -0.05) is 32.0 Å². The molecule has 0 radical (unpaired) electrons. The first-order chi connectivity index (χ1) is 19.5. The van der Waals surface area contributed by atoms with Crippen molar-refractivity contribution in [2.24, 2.45) is 5.41 Å². The van der Waals surface area contributed by atoms with E-state index in [-0.39, 0.29) is 31.1 Å². The van der Waals surface area contributed by atoms with Gasteiger partial charge < -0.3 is 19.5 Å². The van der Waals surface area contributed by atoms with Crippen molar-refractivity contribution in [1.82, 2.24) is 9.55 Å². The fourth-order valence-electron chi connectivity index (χ4n) is 5.41. The number of rotatable bonds is 12. The topological polar surface area (TPSA) is 84.6 Å². The van der Waals surface area contributed by atoms with Gasteiger partial charge in [-0.15, -0.1) is 0 Å². The van der Waals surface area contributed by atoms with Gasteiger partial charge in [0, 0.05) is 54.9 Å². The predicted octanol–water partition coefficient (Wildman–Crippen LogP) is 7.61. The number of methoxy groups -OCH3 is 1. The van der Waals surface area contributed by atoms with Crippen molar-refractivity contribution in [2.75, 3.05) is 13.7 Å². The Morgan fingerprint density at radius 1 is 1.12 bits per heavy atom. The van der Waals surface area contributed by atoms with E-state index in [0.29, 0.717) is 24.1 Å². The molecule has 4 aromatic rings. The maximum absolute atomic E-state index is 13.8. The van der Waals surface area contributed by atoms with E-state index in [1.807, 2.05) is 51.1 Å². The molecular formula is C33H38F2N2O4. The number of fused-ring (bicyclic) bond motifs is 1. The second-order valence-corrected chi connectivity index (χ2v) is 11.3. The van der Waals surface area contributed by atoms with Crippen LogP contribution in [-0.2, 0) is 28.9 Å². The van der Waals surface area contributed by atoms with Gasteiger partial charge in [-0.2, -0.15) is 0 Å². The van der Waals surface area contributed by atoms with Gasteiger partial charge in [-0.05, 0) is 84.7 Å². The summed E-state index contributed by atoms with van der Waals surface area (Å²) >= 11 is 0. The summed E-state index contributed by atoms with van der Waals surface area (Å²) in [5, 5.41) is 20.3. The highest BCUT2D eigenvalue weighted by Crippen LogP contribution is 2.42. The third-order valence-corrected chi connectivity index (χ3v) is 7.63. The second kappa shape index (κ2) is 12.5. The number of aliphatic carboxylic acids is 1. The largest absolute Gasteiger partial charge is 0.481 e. The first-order valence-corrected chi connectivity index (χ1v) is 13.9. The van der Waals surface area contributed by atoms with Crippen molar-refractivity contribution < 1.29 is 28.5 Å². The Bertz CT molecular complexity index is 1540. The zero-order chi connectivity index (χ0) is 29.9. The van der Waals surface area contributed by atoms with E-state index in [9.17, 15) is 18.7 Å². The number of ether oxygens (including phenoxy) is 1. The summed E-state index contributed by atoms with van der Waals surface area (Å²) in [5.74, 6) is -0.974. The number of carboxylic acids is 1. The minimum Gasteiger partial charge on any atom is -0.481 e. The van der Waals surface area contributed by atoms with Crippen molar-refractivity contribution in [1.29, 1.82) is 0 Å². The Hall–Kier alpha value is -3.62. The van der Waals surface area contributed by atoms with Crippen molar-refractivity contribution in [3.05, 3.63) is 77.1 Å². The number of aryl methyl sites for hydroxylation is 2. The smallest absolute Gasteiger partial charge is 0.303 e.